The third-order valence-corrected chi connectivity index (χ3v) is 7.53. The van der Waals surface area contributed by atoms with E-state index >= 15 is 0 Å². The summed E-state index contributed by atoms with van der Waals surface area (Å²) in [6.07, 6.45) is 5.65. The molecule has 192 valence electrons. The molecular weight excluding hydrogens is 536 g/mol. The summed E-state index contributed by atoms with van der Waals surface area (Å²) in [7, 11) is 0. The molecule has 1 aliphatic heterocycles. The summed E-state index contributed by atoms with van der Waals surface area (Å²) in [5, 5.41) is 12.4. The second-order valence-electron chi connectivity index (χ2n) is 9.40. The van der Waals surface area contributed by atoms with E-state index in [9.17, 15) is 14.7 Å². The molecule has 1 fully saturated rings. The van der Waals surface area contributed by atoms with Gasteiger partial charge in [-0.1, -0.05) is 42.5 Å². The van der Waals surface area contributed by atoms with Crippen molar-refractivity contribution >= 4 is 40.8 Å². The van der Waals surface area contributed by atoms with E-state index in [1.807, 2.05) is 17.0 Å². The van der Waals surface area contributed by atoms with Crippen molar-refractivity contribution in [1.82, 2.24) is 0 Å². The summed E-state index contributed by atoms with van der Waals surface area (Å²) in [4.78, 5) is 27.0. The fraction of sp³-hybridized carbons (Fsp3) is 0.310. The predicted octanol–water partition coefficient (Wildman–Crippen LogP) is 3.39. The number of ether oxygens (including phenoxy) is 2. The minimum Gasteiger partial charge on any atom is -0.549 e. The summed E-state index contributed by atoms with van der Waals surface area (Å²) in [6.45, 7) is 0.272. The van der Waals surface area contributed by atoms with E-state index in [2.05, 4.69) is 0 Å². The average Bonchev–Trinajstić information content (AvgIpc) is 2.91. The summed E-state index contributed by atoms with van der Waals surface area (Å²) < 4.78 is 11.6. The monoisotopic (exact) mass is 561 g/mol. The second kappa shape index (κ2) is 12.8. The van der Waals surface area contributed by atoms with Crippen LogP contribution in [-0.2, 0) is 4.79 Å². The zero-order valence-electron chi connectivity index (χ0n) is 21.1. The summed E-state index contributed by atoms with van der Waals surface area (Å²) in [6, 6.07) is 17.6. The SMILES string of the molecule is O=C([O-])C1CCOc2cc(Oc3ccc(C(=O)N(c4ccc(Cl)cc4)C4CCCCC4)cc3)c(Cl)cc21.[Na+]. The van der Waals surface area contributed by atoms with E-state index in [0.717, 1.165) is 31.4 Å². The number of nitrogens with zero attached hydrogens (tertiary/aromatic N) is 1. The quantitative estimate of drug-likeness (QED) is 0.431. The maximum atomic E-state index is 13.7. The number of benzene rings is 3. The molecule has 0 N–H and O–H groups in total. The molecule has 3 aromatic rings. The zero-order valence-corrected chi connectivity index (χ0v) is 24.6. The number of aliphatic carboxylic acids is 1. The first-order valence-electron chi connectivity index (χ1n) is 12.4. The maximum Gasteiger partial charge on any atom is 1.00 e. The van der Waals surface area contributed by atoms with E-state index in [4.69, 9.17) is 32.7 Å². The van der Waals surface area contributed by atoms with Crippen molar-refractivity contribution in [2.75, 3.05) is 11.5 Å². The molecule has 0 spiro atoms. The number of fused-ring (bicyclic) bond motifs is 1. The van der Waals surface area contributed by atoms with Crippen LogP contribution in [0.25, 0.3) is 0 Å². The van der Waals surface area contributed by atoms with Gasteiger partial charge in [0, 0.05) is 45.8 Å². The first-order chi connectivity index (χ1) is 17.9. The van der Waals surface area contributed by atoms with Gasteiger partial charge >= 0.3 is 29.6 Å². The van der Waals surface area contributed by atoms with Crippen molar-refractivity contribution < 1.29 is 53.7 Å². The van der Waals surface area contributed by atoms with E-state index in [1.54, 1.807) is 48.5 Å². The molecule has 1 saturated carbocycles. The van der Waals surface area contributed by atoms with Crippen molar-refractivity contribution in [3.63, 3.8) is 0 Å². The van der Waals surface area contributed by atoms with Crippen molar-refractivity contribution in [2.24, 2.45) is 0 Å². The molecule has 5 rings (SSSR count). The van der Waals surface area contributed by atoms with Crippen LogP contribution >= 0.6 is 23.2 Å². The minimum atomic E-state index is -1.16. The van der Waals surface area contributed by atoms with E-state index in [-0.39, 0.29) is 53.1 Å². The number of anilines is 1. The van der Waals surface area contributed by atoms with Crippen LogP contribution in [-0.4, -0.2) is 24.5 Å². The Morgan fingerprint density at radius 3 is 2.26 bits per heavy atom. The molecule has 9 heteroatoms. The first kappa shape index (κ1) is 28.8. The molecule has 2 aliphatic rings. The van der Waals surface area contributed by atoms with Gasteiger partial charge in [0.25, 0.3) is 5.91 Å². The number of hydrogen-bond donors (Lipinski definition) is 0. The van der Waals surface area contributed by atoms with Gasteiger partial charge < -0.3 is 24.3 Å². The second-order valence-corrected chi connectivity index (χ2v) is 10.2. The Kier molecular flexibility index (Phi) is 9.66. The standard InChI is InChI=1S/C29H27Cl2NO5.Na/c30-19-8-10-21(11-9-19)32(20-4-2-1-3-5-20)28(33)18-6-12-22(13-7-18)37-27-17-26-24(16-25(27)31)23(29(34)35)14-15-36-26;/h6-13,16-17,20,23H,1-5,14-15H2,(H,34,35);/q;+1/p-1. The van der Waals surface area contributed by atoms with Gasteiger partial charge in [0.15, 0.2) is 0 Å². The van der Waals surface area contributed by atoms with Gasteiger partial charge in [0.2, 0.25) is 0 Å². The largest absolute Gasteiger partial charge is 1.00 e. The van der Waals surface area contributed by atoms with Crippen molar-refractivity contribution in [3.05, 3.63) is 81.8 Å². The third-order valence-electron chi connectivity index (χ3n) is 6.98. The molecular formula is C29H26Cl2NNaO5. The minimum absolute atomic E-state index is 0. The molecule has 0 saturated heterocycles. The number of halogens is 2. The molecule has 0 bridgehead atoms. The maximum absolute atomic E-state index is 13.7. The van der Waals surface area contributed by atoms with Crippen molar-refractivity contribution in [3.8, 4) is 17.2 Å². The number of carboxylic acid groups (broad SMARTS) is 1. The van der Waals surface area contributed by atoms with Crippen LogP contribution in [0.1, 0.15) is 60.4 Å². The molecule has 3 aromatic carbocycles. The zero-order chi connectivity index (χ0) is 25.9. The predicted molar refractivity (Wildman–Crippen MR) is 141 cm³/mol. The molecule has 1 unspecified atom stereocenters. The van der Waals surface area contributed by atoms with Gasteiger partial charge in [-0.15, -0.1) is 0 Å². The Morgan fingerprint density at radius 2 is 1.61 bits per heavy atom. The fourth-order valence-electron chi connectivity index (χ4n) is 5.08. The number of carbonyl (C=O) groups is 2. The van der Waals surface area contributed by atoms with Crippen LogP contribution in [0.5, 0.6) is 17.2 Å². The normalized spacial score (nSPS) is 16.9. The van der Waals surface area contributed by atoms with E-state index in [0.29, 0.717) is 39.8 Å². The Bertz CT molecular complexity index is 1290. The Labute approximate surface area is 254 Å². The van der Waals surface area contributed by atoms with Crippen LogP contribution in [0.15, 0.2) is 60.7 Å². The van der Waals surface area contributed by atoms with Gasteiger partial charge in [-0.3, -0.25) is 4.79 Å². The third kappa shape index (κ3) is 6.32. The number of carbonyl (C=O) groups excluding carboxylic acids is 2. The molecule has 0 aromatic heterocycles. The molecule has 6 nitrogen and oxygen atoms in total. The van der Waals surface area contributed by atoms with Crippen LogP contribution in [0, 0.1) is 0 Å². The summed E-state index contributed by atoms with van der Waals surface area (Å²) in [5.41, 5.74) is 1.86. The Hall–Kier alpha value is -2.22. The Balaban J connectivity index is 0.00000336. The fourth-order valence-corrected chi connectivity index (χ4v) is 5.42. The van der Waals surface area contributed by atoms with E-state index in [1.165, 1.54) is 6.42 Å². The number of carboxylic acids is 1. The number of hydrogen-bond acceptors (Lipinski definition) is 5. The Morgan fingerprint density at radius 1 is 0.921 bits per heavy atom. The van der Waals surface area contributed by atoms with Crippen LogP contribution < -0.4 is 49.0 Å². The average molecular weight is 562 g/mol. The van der Waals surface area contributed by atoms with Crippen molar-refractivity contribution in [2.45, 2.75) is 50.5 Å². The van der Waals surface area contributed by atoms with Crippen LogP contribution in [0.4, 0.5) is 5.69 Å². The molecule has 38 heavy (non-hydrogen) atoms. The molecule has 1 atom stereocenters. The summed E-state index contributed by atoms with van der Waals surface area (Å²) >= 11 is 12.5. The molecule has 0 radical (unpaired) electrons. The van der Waals surface area contributed by atoms with Crippen molar-refractivity contribution in [1.29, 1.82) is 0 Å². The molecule has 1 amide bonds. The molecule has 1 aliphatic carbocycles. The van der Waals surface area contributed by atoms with Crippen LogP contribution in [0.3, 0.4) is 0 Å². The van der Waals surface area contributed by atoms with Gasteiger partial charge in [0.05, 0.1) is 11.6 Å². The number of amides is 1. The van der Waals surface area contributed by atoms with Gasteiger partial charge in [-0.25, -0.2) is 0 Å². The van der Waals surface area contributed by atoms with E-state index < -0.39 is 11.9 Å². The molecule has 1 heterocycles. The van der Waals surface area contributed by atoms with Gasteiger partial charge in [-0.2, -0.15) is 0 Å². The van der Waals surface area contributed by atoms with Gasteiger partial charge in [0.1, 0.15) is 17.2 Å². The number of rotatable bonds is 6. The topological polar surface area (TPSA) is 78.9 Å². The summed E-state index contributed by atoms with van der Waals surface area (Å²) in [5.74, 6) is -0.763. The smallest absolute Gasteiger partial charge is 0.549 e. The van der Waals surface area contributed by atoms with Crippen LogP contribution in [0.2, 0.25) is 10.0 Å². The first-order valence-corrected chi connectivity index (χ1v) is 13.2. The van der Waals surface area contributed by atoms with Gasteiger partial charge in [-0.05, 0) is 73.9 Å².